The monoisotopic (exact) mass is 350 g/mol. The molecule has 26 heavy (non-hydrogen) atoms. The molecule has 0 unspecified atom stereocenters. The van der Waals surface area contributed by atoms with Crippen molar-refractivity contribution in [3.8, 4) is 0 Å². The molecule has 0 spiro atoms. The van der Waals surface area contributed by atoms with Crippen LogP contribution in [0.1, 0.15) is 36.5 Å². The molecule has 4 heteroatoms. The topological polar surface area (TPSA) is 49.4 Å². The molecule has 1 aliphatic rings. The number of hydrogen-bond acceptors (Lipinski definition) is 2. The minimum Gasteiger partial charge on any atom is -0.338 e. The van der Waals surface area contributed by atoms with E-state index in [2.05, 4.69) is 5.32 Å². The summed E-state index contributed by atoms with van der Waals surface area (Å²) in [5, 5.41) is 2.95. The van der Waals surface area contributed by atoms with Gasteiger partial charge >= 0.3 is 0 Å². The molecule has 4 nitrogen and oxygen atoms in total. The Balaban J connectivity index is 1.72. The maximum atomic E-state index is 13.1. The summed E-state index contributed by atoms with van der Waals surface area (Å²) in [7, 11) is 0. The first-order chi connectivity index (χ1) is 12.5. The molecule has 0 aliphatic heterocycles. The molecule has 1 fully saturated rings. The molecule has 136 valence electrons. The number of aryl methyl sites for hydroxylation is 2. The maximum Gasteiger partial charge on any atom is 0.240 e. The molecule has 1 saturated carbocycles. The molecule has 3 rings (SSSR count). The predicted molar refractivity (Wildman–Crippen MR) is 104 cm³/mol. The number of amides is 2. The van der Waals surface area contributed by atoms with Crippen LogP contribution < -0.4 is 5.32 Å². The van der Waals surface area contributed by atoms with Gasteiger partial charge in [0, 0.05) is 18.8 Å². The van der Waals surface area contributed by atoms with Crippen LogP contribution in [0.25, 0.3) is 0 Å². The van der Waals surface area contributed by atoms with E-state index in [1.807, 2.05) is 69.3 Å². The highest BCUT2D eigenvalue weighted by molar-refractivity contribution is 6.13. The zero-order valence-corrected chi connectivity index (χ0v) is 15.7. The molecule has 0 bridgehead atoms. The van der Waals surface area contributed by atoms with Crippen molar-refractivity contribution in [1.82, 2.24) is 4.90 Å². The van der Waals surface area contributed by atoms with E-state index in [-0.39, 0.29) is 11.8 Å². The Morgan fingerprint density at radius 3 is 2.31 bits per heavy atom. The standard InChI is InChI=1S/C22H26N2O2/c1-4-24(15-18-8-6-5-7-9-18)21(26)22(12-13-22)20(25)23-19-11-10-16(2)17(3)14-19/h5-11,14H,4,12-13,15H2,1-3H3,(H,23,25). The van der Waals surface area contributed by atoms with Crippen molar-refractivity contribution < 1.29 is 9.59 Å². The molecule has 0 atom stereocenters. The van der Waals surface area contributed by atoms with E-state index in [0.29, 0.717) is 25.9 Å². The van der Waals surface area contributed by atoms with E-state index >= 15 is 0 Å². The molecule has 0 radical (unpaired) electrons. The molecule has 1 aliphatic carbocycles. The average Bonchev–Trinajstić information content (AvgIpc) is 3.45. The minimum absolute atomic E-state index is 0.0646. The van der Waals surface area contributed by atoms with Gasteiger partial charge in [-0.25, -0.2) is 0 Å². The Bertz CT molecular complexity index is 810. The highest BCUT2D eigenvalue weighted by atomic mass is 16.2. The van der Waals surface area contributed by atoms with Gasteiger partial charge < -0.3 is 10.2 Å². The summed E-state index contributed by atoms with van der Waals surface area (Å²) in [6, 6.07) is 15.7. The molecule has 0 saturated heterocycles. The lowest BCUT2D eigenvalue weighted by Gasteiger charge is -2.26. The summed E-state index contributed by atoms with van der Waals surface area (Å²) >= 11 is 0. The van der Waals surface area contributed by atoms with Gasteiger partial charge in [-0.15, -0.1) is 0 Å². The van der Waals surface area contributed by atoms with Crippen molar-refractivity contribution in [3.05, 3.63) is 65.2 Å². The lowest BCUT2D eigenvalue weighted by atomic mass is 10.0. The van der Waals surface area contributed by atoms with Crippen LogP contribution >= 0.6 is 0 Å². The lowest BCUT2D eigenvalue weighted by Crippen LogP contribution is -2.42. The average molecular weight is 350 g/mol. The molecule has 0 heterocycles. The van der Waals surface area contributed by atoms with Crippen molar-refractivity contribution in [2.75, 3.05) is 11.9 Å². The van der Waals surface area contributed by atoms with Crippen molar-refractivity contribution >= 4 is 17.5 Å². The summed E-state index contributed by atoms with van der Waals surface area (Å²) in [6.07, 6.45) is 1.24. The molecule has 2 aromatic carbocycles. The van der Waals surface area contributed by atoms with Gasteiger partial charge in [-0.05, 0) is 62.4 Å². The first-order valence-electron chi connectivity index (χ1n) is 9.18. The van der Waals surface area contributed by atoms with E-state index < -0.39 is 5.41 Å². The number of nitrogens with zero attached hydrogens (tertiary/aromatic N) is 1. The number of carbonyl (C=O) groups excluding carboxylic acids is 2. The quantitative estimate of drug-likeness (QED) is 0.799. The first kappa shape index (κ1) is 18.2. The van der Waals surface area contributed by atoms with Gasteiger partial charge in [0.25, 0.3) is 0 Å². The summed E-state index contributed by atoms with van der Waals surface area (Å²) in [4.78, 5) is 27.7. The normalized spacial score (nSPS) is 14.6. The van der Waals surface area contributed by atoms with Crippen LogP contribution in [-0.4, -0.2) is 23.3 Å². The van der Waals surface area contributed by atoms with E-state index in [1.54, 1.807) is 4.90 Å². The van der Waals surface area contributed by atoms with Crippen molar-refractivity contribution in [2.45, 2.75) is 40.2 Å². The Labute approximate surface area is 155 Å². The van der Waals surface area contributed by atoms with Crippen molar-refractivity contribution in [3.63, 3.8) is 0 Å². The molecule has 2 amide bonds. The van der Waals surface area contributed by atoms with Crippen LogP contribution in [-0.2, 0) is 16.1 Å². The fourth-order valence-electron chi connectivity index (χ4n) is 3.17. The number of rotatable bonds is 6. The second-order valence-corrected chi connectivity index (χ2v) is 7.14. The van der Waals surface area contributed by atoms with Crippen LogP contribution in [0.5, 0.6) is 0 Å². The van der Waals surface area contributed by atoms with Gasteiger partial charge in [-0.2, -0.15) is 0 Å². The smallest absolute Gasteiger partial charge is 0.240 e. The number of hydrogen-bond donors (Lipinski definition) is 1. The molecular formula is C22H26N2O2. The summed E-state index contributed by atoms with van der Waals surface area (Å²) in [6.45, 7) is 7.14. The fourth-order valence-corrected chi connectivity index (χ4v) is 3.17. The molecule has 2 aromatic rings. The second kappa shape index (κ2) is 7.32. The van der Waals surface area contributed by atoms with Crippen LogP contribution in [0, 0.1) is 19.3 Å². The third-order valence-corrected chi connectivity index (χ3v) is 5.24. The van der Waals surface area contributed by atoms with Crippen LogP contribution in [0.4, 0.5) is 5.69 Å². The van der Waals surface area contributed by atoms with E-state index in [9.17, 15) is 9.59 Å². The van der Waals surface area contributed by atoms with Crippen molar-refractivity contribution in [1.29, 1.82) is 0 Å². The molecule has 0 aromatic heterocycles. The number of benzene rings is 2. The van der Waals surface area contributed by atoms with Gasteiger partial charge in [0.15, 0.2) is 0 Å². The minimum atomic E-state index is -0.899. The SMILES string of the molecule is CCN(Cc1ccccc1)C(=O)C1(C(=O)Nc2ccc(C)c(C)c2)CC1. The Morgan fingerprint density at radius 2 is 1.73 bits per heavy atom. The third kappa shape index (κ3) is 3.64. The summed E-state index contributed by atoms with van der Waals surface area (Å²) < 4.78 is 0. The first-order valence-corrected chi connectivity index (χ1v) is 9.18. The largest absolute Gasteiger partial charge is 0.338 e. The van der Waals surface area contributed by atoms with Crippen LogP contribution in [0.15, 0.2) is 48.5 Å². The molecular weight excluding hydrogens is 324 g/mol. The van der Waals surface area contributed by atoms with Crippen molar-refractivity contribution in [2.24, 2.45) is 5.41 Å². The Morgan fingerprint density at radius 1 is 1.04 bits per heavy atom. The van der Waals surface area contributed by atoms with E-state index in [0.717, 1.165) is 16.8 Å². The third-order valence-electron chi connectivity index (χ3n) is 5.24. The van der Waals surface area contributed by atoms with Crippen LogP contribution in [0.2, 0.25) is 0 Å². The Hall–Kier alpha value is -2.62. The zero-order valence-electron chi connectivity index (χ0n) is 15.7. The fraction of sp³-hybridized carbons (Fsp3) is 0.364. The lowest BCUT2D eigenvalue weighted by molar-refractivity contribution is -0.142. The Kier molecular flexibility index (Phi) is 5.12. The summed E-state index contributed by atoms with van der Waals surface area (Å²) in [5.41, 5.74) is 3.23. The second-order valence-electron chi connectivity index (χ2n) is 7.14. The van der Waals surface area contributed by atoms with E-state index in [4.69, 9.17) is 0 Å². The van der Waals surface area contributed by atoms with Gasteiger partial charge in [0.05, 0.1) is 0 Å². The predicted octanol–water partition coefficient (Wildman–Crippen LogP) is 4.07. The van der Waals surface area contributed by atoms with Gasteiger partial charge in [-0.1, -0.05) is 36.4 Å². The highest BCUT2D eigenvalue weighted by Crippen LogP contribution is 2.48. The van der Waals surface area contributed by atoms with E-state index in [1.165, 1.54) is 5.56 Å². The maximum absolute atomic E-state index is 13.1. The van der Waals surface area contributed by atoms with Crippen LogP contribution in [0.3, 0.4) is 0 Å². The number of anilines is 1. The number of carbonyl (C=O) groups is 2. The zero-order chi connectivity index (χ0) is 18.7. The summed E-state index contributed by atoms with van der Waals surface area (Å²) in [5.74, 6) is -0.248. The number of nitrogens with one attached hydrogen (secondary N) is 1. The van der Waals surface area contributed by atoms with Gasteiger partial charge in [-0.3, -0.25) is 9.59 Å². The highest BCUT2D eigenvalue weighted by Gasteiger charge is 2.57. The van der Waals surface area contributed by atoms with Gasteiger partial charge in [0.2, 0.25) is 11.8 Å². The molecule has 1 N–H and O–H groups in total. The van der Waals surface area contributed by atoms with Gasteiger partial charge in [0.1, 0.15) is 5.41 Å².